The van der Waals surface area contributed by atoms with Gasteiger partial charge in [-0.25, -0.2) is 4.98 Å². The molecular formula is C11H14ClN3O3. The van der Waals surface area contributed by atoms with Crippen molar-refractivity contribution in [3.8, 4) is 0 Å². The van der Waals surface area contributed by atoms with Crippen LogP contribution < -0.4 is 4.90 Å². The monoisotopic (exact) mass is 271 g/mol. The normalized spacial score (nSPS) is 19.9. The van der Waals surface area contributed by atoms with Crippen LogP contribution in [0.4, 0.5) is 11.5 Å². The van der Waals surface area contributed by atoms with E-state index in [-0.39, 0.29) is 16.9 Å². The van der Waals surface area contributed by atoms with Crippen molar-refractivity contribution in [3.63, 3.8) is 0 Å². The third-order valence-electron chi connectivity index (χ3n) is 2.97. The molecule has 7 heteroatoms. The Bertz CT molecular complexity index is 455. The number of morpholine rings is 1. The van der Waals surface area contributed by atoms with Crippen molar-refractivity contribution >= 4 is 23.1 Å². The van der Waals surface area contributed by atoms with Crippen molar-refractivity contribution in [1.29, 1.82) is 0 Å². The lowest BCUT2D eigenvalue weighted by atomic mass is 10.1. The summed E-state index contributed by atoms with van der Waals surface area (Å²) < 4.78 is 5.40. The van der Waals surface area contributed by atoms with Gasteiger partial charge in [0, 0.05) is 6.54 Å². The summed E-state index contributed by atoms with van der Waals surface area (Å²) in [5.74, 6) is 0.546. The molecular weight excluding hydrogens is 258 g/mol. The fourth-order valence-corrected chi connectivity index (χ4v) is 2.22. The molecule has 98 valence electrons. The molecule has 1 unspecified atom stereocenters. The Hall–Kier alpha value is -1.40. The zero-order valence-corrected chi connectivity index (χ0v) is 10.8. The molecule has 1 aliphatic heterocycles. The molecule has 1 aromatic heterocycles. The van der Waals surface area contributed by atoms with Crippen LogP contribution in [-0.4, -0.2) is 35.7 Å². The average molecular weight is 272 g/mol. The maximum absolute atomic E-state index is 10.8. The van der Waals surface area contributed by atoms with Gasteiger partial charge in [-0.15, -0.1) is 0 Å². The van der Waals surface area contributed by atoms with Crippen molar-refractivity contribution in [3.05, 3.63) is 27.4 Å². The lowest BCUT2D eigenvalue weighted by Gasteiger charge is -2.35. The molecule has 1 aromatic rings. The zero-order valence-electron chi connectivity index (χ0n) is 10.0. The van der Waals surface area contributed by atoms with E-state index < -0.39 is 4.92 Å². The number of ether oxygens (including phenoxy) is 1. The van der Waals surface area contributed by atoms with E-state index in [4.69, 9.17) is 16.3 Å². The highest BCUT2D eigenvalue weighted by Gasteiger charge is 2.24. The Morgan fingerprint density at radius 3 is 3.11 bits per heavy atom. The van der Waals surface area contributed by atoms with E-state index in [1.54, 1.807) is 0 Å². The standard InChI is InChI=1S/C11H14ClN3O3/c1-2-8-7-18-4-3-14(8)11-6-9(15(16)17)5-10(12)13-11/h5-6,8H,2-4,7H2,1H3. The zero-order chi connectivity index (χ0) is 13.1. The average Bonchev–Trinajstić information content (AvgIpc) is 2.38. The second-order valence-electron chi connectivity index (χ2n) is 4.09. The first kappa shape index (κ1) is 13.0. The van der Waals surface area contributed by atoms with Gasteiger partial charge >= 0.3 is 0 Å². The molecule has 0 aliphatic carbocycles. The molecule has 0 radical (unpaired) electrons. The van der Waals surface area contributed by atoms with Crippen molar-refractivity contribution in [2.45, 2.75) is 19.4 Å². The summed E-state index contributed by atoms with van der Waals surface area (Å²) in [6, 6.07) is 2.90. The minimum absolute atomic E-state index is 0.0358. The fourth-order valence-electron chi connectivity index (χ4n) is 2.02. The van der Waals surface area contributed by atoms with E-state index in [0.717, 1.165) is 6.42 Å². The molecule has 0 saturated carbocycles. The lowest BCUT2D eigenvalue weighted by molar-refractivity contribution is -0.384. The number of aromatic nitrogens is 1. The van der Waals surface area contributed by atoms with Gasteiger partial charge < -0.3 is 9.64 Å². The number of hydrogen-bond acceptors (Lipinski definition) is 5. The van der Waals surface area contributed by atoms with Gasteiger partial charge in [0.05, 0.1) is 36.3 Å². The van der Waals surface area contributed by atoms with Crippen LogP contribution in [0.3, 0.4) is 0 Å². The minimum Gasteiger partial charge on any atom is -0.377 e. The molecule has 18 heavy (non-hydrogen) atoms. The highest BCUT2D eigenvalue weighted by molar-refractivity contribution is 6.29. The third kappa shape index (κ3) is 2.70. The first-order valence-corrected chi connectivity index (χ1v) is 6.16. The number of rotatable bonds is 3. The number of pyridine rings is 1. The molecule has 1 aliphatic rings. The Kier molecular flexibility index (Phi) is 3.98. The topological polar surface area (TPSA) is 68.5 Å². The lowest BCUT2D eigenvalue weighted by Crippen LogP contribution is -2.45. The minimum atomic E-state index is -0.460. The van der Waals surface area contributed by atoms with Gasteiger partial charge in [0.1, 0.15) is 11.0 Å². The van der Waals surface area contributed by atoms with Crippen LogP contribution >= 0.6 is 11.6 Å². The Labute approximate surface area is 110 Å². The van der Waals surface area contributed by atoms with Crippen LogP contribution in [0.1, 0.15) is 13.3 Å². The van der Waals surface area contributed by atoms with Crippen molar-refractivity contribution in [1.82, 2.24) is 4.98 Å². The first-order valence-electron chi connectivity index (χ1n) is 5.78. The number of halogens is 1. The number of nitrogens with zero attached hydrogens (tertiary/aromatic N) is 3. The van der Waals surface area contributed by atoms with Crippen LogP contribution in [0.15, 0.2) is 12.1 Å². The van der Waals surface area contributed by atoms with Crippen molar-refractivity contribution in [2.75, 3.05) is 24.7 Å². The molecule has 6 nitrogen and oxygen atoms in total. The molecule has 0 spiro atoms. The molecule has 1 saturated heterocycles. The summed E-state index contributed by atoms with van der Waals surface area (Å²) in [4.78, 5) is 16.5. The smallest absolute Gasteiger partial charge is 0.276 e. The highest BCUT2D eigenvalue weighted by Crippen LogP contribution is 2.26. The number of nitro groups is 1. The van der Waals surface area contributed by atoms with Crippen LogP contribution in [0.25, 0.3) is 0 Å². The Morgan fingerprint density at radius 2 is 2.44 bits per heavy atom. The van der Waals surface area contributed by atoms with Gasteiger partial charge in [-0.2, -0.15) is 0 Å². The molecule has 0 bridgehead atoms. The Balaban J connectivity index is 2.33. The predicted molar refractivity (Wildman–Crippen MR) is 68.1 cm³/mol. The summed E-state index contributed by atoms with van der Waals surface area (Å²) in [5, 5.41) is 11.0. The maximum Gasteiger partial charge on any atom is 0.276 e. The van der Waals surface area contributed by atoms with Crippen LogP contribution in [0, 0.1) is 10.1 Å². The molecule has 2 rings (SSSR count). The summed E-state index contributed by atoms with van der Waals surface area (Å²) in [7, 11) is 0. The van der Waals surface area contributed by atoms with Crippen LogP contribution in [0.2, 0.25) is 5.15 Å². The van der Waals surface area contributed by atoms with Crippen molar-refractivity contribution < 1.29 is 9.66 Å². The van der Waals surface area contributed by atoms with Crippen molar-refractivity contribution in [2.24, 2.45) is 0 Å². The highest BCUT2D eigenvalue weighted by atomic mass is 35.5. The quantitative estimate of drug-likeness (QED) is 0.479. The van der Waals surface area contributed by atoms with Gasteiger partial charge in [-0.3, -0.25) is 10.1 Å². The van der Waals surface area contributed by atoms with Crippen LogP contribution in [0.5, 0.6) is 0 Å². The second-order valence-corrected chi connectivity index (χ2v) is 4.48. The van der Waals surface area contributed by atoms with Gasteiger partial charge in [-0.1, -0.05) is 18.5 Å². The second kappa shape index (κ2) is 5.49. The fraction of sp³-hybridized carbons (Fsp3) is 0.545. The number of hydrogen-bond donors (Lipinski definition) is 0. The van der Waals surface area contributed by atoms with E-state index in [1.165, 1.54) is 12.1 Å². The van der Waals surface area contributed by atoms with E-state index in [2.05, 4.69) is 4.98 Å². The van der Waals surface area contributed by atoms with E-state index in [1.807, 2.05) is 11.8 Å². The summed E-state index contributed by atoms with van der Waals surface area (Å²) >= 11 is 5.83. The molecule has 0 aromatic carbocycles. The molecule has 0 amide bonds. The third-order valence-corrected chi connectivity index (χ3v) is 3.16. The first-order chi connectivity index (χ1) is 8.61. The molecule has 2 heterocycles. The van der Waals surface area contributed by atoms with Gasteiger partial charge in [-0.05, 0) is 6.42 Å². The van der Waals surface area contributed by atoms with Gasteiger partial charge in [0.2, 0.25) is 0 Å². The SMILES string of the molecule is CCC1COCCN1c1cc([N+](=O)[O-])cc(Cl)n1. The number of anilines is 1. The summed E-state index contributed by atoms with van der Waals surface area (Å²) in [5.41, 5.74) is -0.0358. The van der Waals surface area contributed by atoms with E-state index >= 15 is 0 Å². The summed E-state index contributed by atoms with van der Waals surface area (Å²) in [6.45, 7) is 3.92. The largest absolute Gasteiger partial charge is 0.377 e. The molecule has 0 N–H and O–H groups in total. The maximum atomic E-state index is 10.8. The van der Waals surface area contributed by atoms with Gasteiger partial charge in [0.25, 0.3) is 5.69 Å². The van der Waals surface area contributed by atoms with E-state index in [9.17, 15) is 10.1 Å². The van der Waals surface area contributed by atoms with Gasteiger partial charge in [0.15, 0.2) is 0 Å². The van der Waals surface area contributed by atoms with Crippen LogP contribution in [-0.2, 0) is 4.74 Å². The molecule has 1 fully saturated rings. The Morgan fingerprint density at radius 1 is 1.67 bits per heavy atom. The molecule has 1 atom stereocenters. The predicted octanol–water partition coefficient (Wildman–Crippen LogP) is 2.26. The van der Waals surface area contributed by atoms with E-state index in [0.29, 0.717) is 25.6 Å². The summed E-state index contributed by atoms with van der Waals surface area (Å²) in [6.07, 6.45) is 0.891.